The molecule has 1 unspecified atom stereocenters. The van der Waals surface area contributed by atoms with Crippen molar-refractivity contribution in [2.24, 2.45) is 5.92 Å². The minimum atomic E-state index is 0.132. The van der Waals surface area contributed by atoms with Crippen LogP contribution in [0.25, 0.3) is 0 Å². The van der Waals surface area contributed by atoms with Crippen molar-refractivity contribution < 1.29 is 5.11 Å². The fourth-order valence-corrected chi connectivity index (χ4v) is 3.00. The lowest BCUT2D eigenvalue weighted by Crippen LogP contribution is -2.38. The van der Waals surface area contributed by atoms with E-state index in [2.05, 4.69) is 29.3 Å². The summed E-state index contributed by atoms with van der Waals surface area (Å²) in [4.78, 5) is 2.58. The Hall–Kier alpha value is -0.900. The summed E-state index contributed by atoms with van der Waals surface area (Å²) < 4.78 is 0. The molecule has 1 heterocycles. The van der Waals surface area contributed by atoms with Gasteiger partial charge in [0.05, 0.1) is 6.61 Å². The zero-order chi connectivity index (χ0) is 14.2. The maximum Gasteiger partial charge on any atom is 0.0681 e. The van der Waals surface area contributed by atoms with Gasteiger partial charge in [0.15, 0.2) is 0 Å². The van der Waals surface area contributed by atoms with Crippen LogP contribution in [-0.2, 0) is 13.2 Å². The van der Waals surface area contributed by atoms with Gasteiger partial charge in [0, 0.05) is 13.1 Å². The zero-order valence-corrected chi connectivity index (χ0v) is 12.6. The first-order valence-electron chi connectivity index (χ1n) is 7.93. The maximum atomic E-state index is 9.09. The molecule has 0 amide bonds. The molecule has 2 N–H and O–H groups in total. The van der Waals surface area contributed by atoms with Gasteiger partial charge in [-0.2, -0.15) is 0 Å². The molecular weight excluding hydrogens is 248 g/mol. The van der Waals surface area contributed by atoms with E-state index in [-0.39, 0.29) is 6.61 Å². The molecule has 1 saturated heterocycles. The molecular formula is C17H28N2O. The van der Waals surface area contributed by atoms with Crippen LogP contribution in [0.1, 0.15) is 37.3 Å². The van der Waals surface area contributed by atoms with E-state index < -0.39 is 0 Å². The van der Waals surface area contributed by atoms with Crippen molar-refractivity contribution in [1.29, 1.82) is 0 Å². The fourth-order valence-electron chi connectivity index (χ4n) is 3.00. The fraction of sp³-hybridized carbons (Fsp3) is 0.647. The van der Waals surface area contributed by atoms with Crippen molar-refractivity contribution in [3.63, 3.8) is 0 Å². The summed E-state index contributed by atoms with van der Waals surface area (Å²) in [6.07, 6.45) is 3.88. The summed E-state index contributed by atoms with van der Waals surface area (Å²) in [5, 5.41) is 12.6. The first-order valence-corrected chi connectivity index (χ1v) is 7.93. The first kappa shape index (κ1) is 15.5. The molecule has 1 fully saturated rings. The van der Waals surface area contributed by atoms with E-state index in [0.29, 0.717) is 0 Å². The third kappa shape index (κ3) is 4.89. The molecule has 3 nitrogen and oxygen atoms in total. The Labute approximate surface area is 123 Å². The first-order chi connectivity index (χ1) is 9.81. The van der Waals surface area contributed by atoms with Crippen LogP contribution in [-0.4, -0.2) is 36.2 Å². The third-order valence-electron chi connectivity index (χ3n) is 4.07. The van der Waals surface area contributed by atoms with Crippen molar-refractivity contribution in [3.05, 3.63) is 35.4 Å². The molecule has 0 bridgehead atoms. The lowest BCUT2D eigenvalue weighted by atomic mass is 9.98. The topological polar surface area (TPSA) is 35.5 Å². The predicted molar refractivity (Wildman–Crippen MR) is 83.5 cm³/mol. The van der Waals surface area contributed by atoms with Crippen molar-refractivity contribution in [2.45, 2.75) is 39.3 Å². The largest absolute Gasteiger partial charge is 0.392 e. The lowest BCUT2D eigenvalue weighted by molar-refractivity contribution is 0.201. The normalized spacial score (nSPS) is 19.4. The standard InChI is InChI=1S/C17H28N2O/c1-2-10-19(13-17-4-3-9-18-11-17)12-15-5-7-16(14-20)8-6-15/h5-8,17-18,20H,2-4,9-14H2,1H3. The van der Waals surface area contributed by atoms with E-state index in [9.17, 15) is 0 Å². The number of piperidine rings is 1. The van der Waals surface area contributed by atoms with Gasteiger partial charge in [0.25, 0.3) is 0 Å². The Bertz CT molecular complexity index is 371. The molecule has 1 aromatic carbocycles. The average Bonchev–Trinajstić information content (AvgIpc) is 2.49. The lowest BCUT2D eigenvalue weighted by Gasteiger charge is -2.30. The van der Waals surface area contributed by atoms with E-state index in [1.165, 1.54) is 44.5 Å². The second-order valence-corrected chi connectivity index (χ2v) is 5.92. The second-order valence-electron chi connectivity index (χ2n) is 5.92. The van der Waals surface area contributed by atoms with Gasteiger partial charge in [-0.15, -0.1) is 0 Å². The van der Waals surface area contributed by atoms with Gasteiger partial charge in [0.1, 0.15) is 0 Å². The molecule has 1 atom stereocenters. The van der Waals surface area contributed by atoms with E-state index in [0.717, 1.165) is 24.6 Å². The monoisotopic (exact) mass is 276 g/mol. The highest BCUT2D eigenvalue weighted by Crippen LogP contribution is 2.15. The summed E-state index contributed by atoms with van der Waals surface area (Å²) >= 11 is 0. The third-order valence-corrected chi connectivity index (χ3v) is 4.07. The summed E-state index contributed by atoms with van der Waals surface area (Å²) in [6.45, 7) is 8.13. The van der Waals surface area contributed by atoms with Crippen LogP contribution in [0.4, 0.5) is 0 Å². The number of hydrogen-bond donors (Lipinski definition) is 2. The molecule has 20 heavy (non-hydrogen) atoms. The van der Waals surface area contributed by atoms with Crippen molar-refractivity contribution in [3.8, 4) is 0 Å². The molecule has 2 rings (SSSR count). The Morgan fingerprint density at radius 2 is 2.00 bits per heavy atom. The highest BCUT2D eigenvalue weighted by Gasteiger charge is 2.16. The zero-order valence-electron chi connectivity index (χ0n) is 12.6. The van der Waals surface area contributed by atoms with E-state index in [1.807, 2.05) is 12.1 Å². The van der Waals surface area contributed by atoms with Crippen molar-refractivity contribution >= 4 is 0 Å². The molecule has 0 spiro atoms. The number of nitrogens with zero attached hydrogens (tertiary/aromatic N) is 1. The molecule has 1 aromatic rings. The molecule has 0 radical (unpaired) electrons. The minimum absolute atomic E-state index is 0.132. The van der Waals surface area contributed by atoms with Crippen LogP contribution < -0.4 is 5.32 Å². The Morgan fingerprint density at radius 1 is 1.25 bits per heavy atom. The van der Waals surface area contributed by atoms with Crippen LogP contribution in [0.2, 0.25) is 0 Å². The molecule has 0 aromatic heterocycles. The van der Waals surface area contributed by atoms with Crippen LogP contribution in [0.15, 0.2) is 24.3 Å². The van der Waals surface area contributed by atoms with Gasteiger partial charge in [0.2, 0.25) is 0 Å². The van der Waals surface area contributed by atoms with Gasteiger partial charge in [-0.1, -0.05) is 31.2 Å². The predicted octanol–water partition coefficient (Wildman–Crippen LogP) is 2.39. The number of rotatable bonds is 7. The SMILES string of the molecule is CCCN(Cc1ccc(CO)cc1)CC1CCCNC1. The van der Waals surface area contributed by atoms with Gasteiger partial charge >= 0.3 is 0 Å². The number of benzene rings is 1. The summed E-state index contributed by atoms with van der Waals surface area (Å²) in [7, 11) is 0. The maximum absolute atomic E-state index is 9.09. The molecule has 112 valence electrons. The van der Waals surface area contributed by atoms with Gasteiger partial charge in [-0.05, 0) is 55.9 Å². The molecule has 1 aliphatic heterocycles. The molecule has 1 aliphatic rings. The minimum Gasteiger partial charge on any atom is -0.392 e. The molecule has 3 heteroatoms. The quantitative estimate of drug-likeness (QED) is 0.802. The number of aliphatic hydroxyl groups excluding tert-OH is 1. The number of nitrogens with one attached hydrogen (secondary N) is 1. The van der Waals surface area contributed by atoms with E-state index >= 15 is 0 Å². The summed E-state index contributed by atoms with van der Waals surface area (Å²) in [5.74, 6) is 0.798. The Kier molecular flexibility index (Phi) is 6.51. The highest BCUT2D eigenvalue weighted by molar-refractivity contribution is 5.21. The van der Waals surface area contributed by atoms with Crippen LogP contribution in [0.5, 0.6) is 0 Å². The summed E-state index contributed by atoms with van der Waals surface area (Å²) in [6, 6.07) is 8.35. The van der Waals surface area contributed by atoms with Crippen molar-refractivity contribution in [1.82, 2.24) is 10.2 Å². The Morgan fingerprint density at radius 3 is 2.60 bits per heavy atom. The second kappa shape index (κ2) is 8.40. The van der Waals surface area contributed by atoms with E-state index in [4.69, 9.17) is 5.11 Å². The van der Waals surface area contributed by atoms with Gasteiger partial charge < -0.3 is 10.4 Å². The highest BCUT2D eigenvalue weighted by atomic mass is 16.3. The molecule has 0 saturated carbocycles. The molecule has 0 aliphatic carbocycles. The number of aliphatic hydroxyl groups is 1. The van der Waals surface area contributed by atoms with E-state index in [1.54, 1.807) is 0 Å². The summed E-state index contributed by atoms with van der Waals surface area (Å²) in [5.41, 5.74) is 2.34. The number of hydrogen-bond acceptors (Lipinski definition) is 3. The smallest absolute Gasteiger partial charge is 0.0681 e. The van der Waals surface area contributed by atoms with Gasteiger partial charge in [-0.25, -0.2) is 0 Å². The van der Waals surface area contributed by atoms with Crippen LogP contribution in [0, 0.1) is 5.92 Å². The average molecular weight is 276 g/mol. The van der Waals surface area contributed by atoms with Crippen LogP contribution in [0.3, 0.4) is 0 Å². The Balaban J connectivity index is 1.89. The van der Waals surface area contributed by atoms with Crippen LogP contribution >= 0.6 is 0 Å². The van der Waals surface area contributed by atoms with Crippen molar-refractivity contribution in [2.75, 3.05) is 26.2 Å². The van der Waals surface area contributed by atoms with Gasteiger partial charge in [-0.3, -0.25) is 4.90 Å².